The molecule has 1 amide bonds. The van der Waals surface area contributed by atoms with E-state index in [2.05, 4.69) is 31.9 Å². The van der Waals surface area contributed by atoms with Gasteiger partial charge < -0.3 is 10.0 Å². The Kier molecular flexibility index (Phi) is 5.78. The van der Waals surface area contributed by atoms with E-state index in [0.717, 1.165) is 15.4 Å². The van der Waals surface area contributed by atoms with Crippen molar-refractivity contribution < 1.29 is 14.7 Å². The molecule has 0 unspecified atom stereocenters. The van der Waals surface area contributed by atoms with Gasteiger partial charge in [0.05, 0.1) is 12.1 Å². The number of aliphatic carboxylic acids is 1. The highest BCUT2D eigenvalue weighted by molar-refractivity contribution is 9.11. The van der Waals surface area contributed by atoms with E-state index in [1.807, 2.05) is 17.0 Å². The Labute approximate surface area is 140 Å². The molecule has 21 heavy (non-hydrogen) atoms. The fourth-order valence-corrected chi connectivity index (χ4v) is 3.13. The first kappa shape index (κ1) is 16.5. The van der Waals surface area contributed by atoms with E-state index in [1.165, 1.54) is 0 Å². The predicted octanol–water partition coefficient (Wildman–Crippen LogP) is 2.44. The number of halogens is 2. The standard InChI is InChI=1S/C14H16Br2N2O3/c15-10-2-3-12(16)11(8-10)14(21)18-5-1-4-17(6-7-18)9-13(19)20/h2-3,8H,1,4-7,9H2,(H,19,20). The summed E-state index contributed by atoms with van der Waals surface area (Å²) in [6.07, 6.45) is 0.782. The molecule has 1 aromatic rings. The molecule has 7 heteroatoms. The van der Waals surface area contributed by atoms with Crippen LogP contribution in [0.5, 0.6) is 0 Å². The number of carbonyl (C=O) groups excluding carboxylic acids is 1. The van der Waals surface area contributed by atoms with Crippen molar-refractivity contribution in [2.24, 2.45) is 0 Å². The van der Waals surface area contributed by atoms with Gasteiger partial charge >= 0.3 is 5.97 Å². The molecule has 0 radical (unpaired) electrons. The monoisotopic (exact) mass is 418 g/mol. The van der Waals surface area contributed by atoms with E-state index in [1.54, 1.807) is 11.0 Å². The van der Waals surface area contributed by atoms with Crippen molar-refractivity contribution in [2.75, 3.05) is 32.7 Å². The third-order valence-electron chi connectivity index (χ3n) is 3.39. The molecule has 1 aromatic carbocycles. The van der Waals surface area contributed by atoms with Gasteiger partial charge in [-0.25, -0.2) is 0 Å². The zero-order chi connectivity index (χ0) is 15.4. The van der Waals surface area contributed by atoms with Gasteiger partial charge in [-0.3, -0.25) is 14.5 Å². The highest BCUT2D eigenvalue weighted by Gasteiger charge is 2.22. The van der Waals surface area contributed by atoms with Crippen LogP contribution >= 0.6 is 31.9 Å². The number of hydrogen-bond donors (Lipinski definition) is 1. The zero-order valence-corrected chi connectivity index (χ0v) is 14.6. The number of hydrogen-bond acceptors (Lipinski definition) is 3. The average molecular weight is 420 g/mol. The molecular formula is C14H16Br2N2O3. The van der Waals surface area contributed by atoms with Crippen LogP contribution in [0.3, 0.4) is 0 Å². The second-order valence-corrected chi connectivity index (χ2v) is 6.71. The van der Waals surface area contributed by atoms with Gasteiger partial charge in [-0.05, 0) is 40.5 Å². The first-order valence-corrected chi connectivity index (χ1v) is 8.24. The maximum atomic E-state index is 12.6. The van der Waals surface area contributed by atoms with Gasteiger partial charge in [-0.2, -0.15) is 0 Å². The Morgan fingerprint density at radius 3 is 2.62 bits per heavy atom. The third-order valence-corrected chi connectivity index (χ3v) is 4.58. The van der Waals surface area contributed by atoms with E-state index in [0.29, 0.717) is 31.7 Å². The fraction of sp³-hybridized carbons (Fsp3) is 0.429. The lowest BCUT2D eigenvalue weighted by Gasteiger charge is -2.22. The number of benzene rings is 1. The summed E-state index contributed by atoms with van der Waals surface area (Å²) < 4.78 is 1.62. The minimum Gasteiger partial charge on any atom is -0.480 e. The lowest BCUT2D eigenvalue weighted by atomic mass is 10.2. The third kappa shape index (κ3) is 4.52. The van der Waals surface area contributed by atoms with Gasteiger partial charge in [-0.1, -0.05) is 15.9 Å². The van der Waals surface area contributed by atoms with E-state index in [-0.39, 0.29) is 12.5 Å². The Balaban J connectivity index is 2.06. The summed E-state index contributed by atoms with van der Waals surface area (Å²) in [6.45, 7) is 2.51. The summed E-state index contributed by atoms with van der Waals surface area (Å²) >= 11 is 6.78. The van der Waals surface area contributed by atoms with Crippen LogP contribution in [0.4, 0.5) is 0 Å². The Bertz CT molecular complexity index is 551. The number of nitrogens with zero attached hydrogens (tertiary/aromatic N) is 2. The van der Waals surface area contributed by atoms with Crippen LogP contribution in [0.1, 0.15) is 16.8 Å². The summed E-state index contributed by atoms with van der Waals surface area (Å²) in [4.78, 5) is 27.0. The van der Waals surface area contributed by atoms with E-state index in [9.17, 15) is 9.59 Å². The second kappa shape index (κ2) is 7.38. The van der Waals surface area contributed by atoms with Crippen molar-refractivity contribution in [3.8, 4) is 0 Å². The normalized spacial score (nSPS) is 16.6. The van der Waals surface area contributed by atoms with Gasteiger partial charge in [0.2, 0.25) is 0 Å². The number of carboxylic acids is 1. The number of carbonyl (C=O) groups is 2. The molecule has 1 N–H and O–H groups in total. The molecule has 1 heterocycles. The van der Waals surface area contributed by atoms with Crippen LogP contribution < -0.4 is 0 Å². The van der Waals surface area contributed by atoms with Crippen molar-refractivity contribution in [3.63, 3.8) is 0 Å². The molecule has 1 aliphatic rings. The van der Waals surface area contributed by atoms with Crippen LogP contribution in [0.2, 0.25) is 0 Å². The van der Waals surface area contributed by atoms with Crippen molar-refractivity contribution in [2.45, 2.75) is 6.42 Å². The van der Waals surface area contributed by atoms with Crippen molar-refractivity contribution in [1.29, 1.82) is 0 Å². The van der Waals surface area contributed by atoms with Crippen molar-refractivity contribution in [1.82, 2.24) is 9.80 Å². The minimum absolute atomic E-state index is 0.0275. The highest BCUT2D eigenvalue weighted by Crippen LogP contribution is 2.23. The lowest BCUT2D eigenvalue weighted by molar-refractivity contribution is -0.138. The molecular weight excluding hydrogens is 404 g/mol. The van der Waals surface area contributed by atoms with Crippen LogP contribution in [0, 0.1) is 0 Å². The minimum atomic E-state index is -0.829. The van der Waals surface area contributed by atoms with Gasteiger partial charge in [-0.15, -0.1) is 0 Å². The number of rotatable bonds is 3. The van der Waals surface area contributed by atoms with E-state index >= 15 is 0 Å². The van der Waals surface area contributed by atoms with E-state index < -0.39 is 5.97 Å². The van der Waals surface area contributed by atoms with Crippen LogP contribution in [0.15, 0.2) is 27.1 Å². The summed E-state index contributed by atoms with van der Waals surface area (Å²) in [7, 11) is 0. The Hall–Kier alpha value is -0.920. The maximum Gasteiger partial charge on any atom is 0.317 e. The second-order valence-electron chi connectivity index (χ2n) is 4.94. The molecule has 0 spiro atoms. The summed E-state index contributed by atoms with van der Waals surface area (Å²) in [5, 5.41) is 8.84. The van der Waals surface area contributed by atoms with Crippen molar-refractivity contribution >= 4 is 43.7 Å². The molecule has 1 aliphatic heterocycles. The molecule has 0 atom stereocenters. The zero-order valence-electron chi connectivity index (χ0n) is 11.4. The summed E-state index contributed by atoms with van der Waals surface area (Å²) in [5.74, 6) is -0.857. The highest BCUT2D eigenvalue weighted by atomic mass is 79.9. The van der Waals surface area contributed by atoms with Crippen LogP contribution in [-0.2, 0) is 4.79 Å². The molecule has 2 rings (SSSR count). The quantitative estimate of drug-likeness (QED) is 0.817. The van der Waals surface area contributed by atoms with Gasteiger partial charge in [0.15, 0.2) is 0 Å². The number of carboxylic acid groups (broad SMARTS) is 1. The summed E-state index contributed by atoms with van der Waals surface area (Å²) in [6, 6.07) is 5.51. The topological polar surface area (TPSA) is 60.9 Å². The average Bonchev–Trinajstić information content (AvgIpc) is 2.66. The fourth-order valence-electron chi connectivity index (χ4n) is 2.36. The van der Waals surface area contributed by atoms with Crippen LogP contribution in [-0.4, -0.2) is 59.5 Å². The maximum absolute atomic E-state index is 12.6. The van der Waals surface area contributed by atoms with Crippen molar-refractivity contribution in [3.05, 3.63) is 32.7 Å². The molecule has 0 bridgehead atoms. The number of amides is 1. The molecule has 0 saturated carbocycles. The molecule has 1 saturated heterocycles. The smallest absolute Gasteiger partial charge is 0.317 e. The lowest BCUT2D eigenvalue weighted by Crippen LogP contribution is -2.36. The SMILES string of the molecule is O=C(O)CN1CCCN(C(=O)c2cc(Br)ccc2Br)CC1. The molecule has 5 nitrogen and oxygen atoms in total. The predicted molar refractivity (Wildman–Crippen MR) is 86.4 cm³/mol. The molecule has 0 aromatic heterocycles. The van der Waals surface area contributed by atoms with E-state index in [4.69, 9.17) is 5.11 Å². The van der Waals surface area contributed by atoms with Gasteiger partial charge in [0.1, 0.15) is 0 Å². The van der Waals surface area contributed by atoms with Crippen LogP contribution in [0.25, 0.3) is 0 Å². The first-order chi connectivity index (χ1) is 9.97. The largest absolute Gasteiger partial charge is 0.480 e. The molecule has 114 valence electrons. The molecule has 1 fully saturated rings. The van der Waals surface area contributed by atoms with Gasteiger partial charge in [0.25, 0.3) is 5.91 Å². The Morgan fingerprint density at radius 2 is 1.90 bits per heavy atom. The molecule has 0 aliphatic carbocycles. The summed E-state index contributed by atoms with van der Waals surface area (Å²) in [5.41, 5.74) is 0.621. The van der Waals surface area contributed by atoms with Gasteiger partial charge in [0, 0.05) is 35.1 Å². The Morgan fingerprint density at radius 1 is 1.14 bits per heavy atom. The first-order valence-electron chi connectivity index (χ1n) is 6.66.